The van der Waals surface area contributed by atoms with Gasteiger partial charge in [0.15, 0.2) is 0 Å². The van der Waals surface area contributed by atoms with Crippen LogP contribution in [0.5, 0.6) is 0 Å². The largest absolute Gasteiger partial charge is 0.480 e. The van der Waals surface area contributed by atoms with E-state index >= 15 is 0 Å². The van der Waals surface area contributed by atoms with Crippen LogP contribution in [0.25, 0.3) is 10.9 Å². The fourth-order valence-electron chi connectivity index (χ4n) is 3.43. The molecule has 0 spiro atoms. The molecule has 0 aliphatic carbocycles. The lowest BCUT2D eigenvalue weighted by atomic mass is 10.0. The lowest BCUT2D eigenvalue weighted by Crippen LogP contribution is -2.37. The molecular weight excluding hydrogens is 296 g/mol. The average molecular weight is 316 g/mol. The summed E-state index contributed by atoms with van der Waals surface area (Å²) in [5, 5.41) is 19.7. The Morgan fingerprint density at radius 3 is 2.43 bits per heavy atom. The molecule has 2 aromatic rings. The van der Waals surface area contributed by atoms with E-state index in [1.165, 1.54) is 6.07 Å². The maximum atomic E-state index is 11.9. The number of rotatable bonds is 4. The fourth-order valence-corrected chi connectivity index (χ4v) is 3.43. The minimum atomic E-state index is -0.986. The molecule has 1 aromatic heterocycles. The van der Waals surface area contributed by atoms with Gasteiger partial charge in [-0.3, -0.25) is 9.69 Å². The van der Waals surface area contributed by atoms with Crippen LogP contribution in [-0.2, 0) is 11.8 Å². The topological polar surface area (TPSA) is 82.8 Å². The third-order valence-electron chi connectivity index (χ3n) is 4.55. The first kappa shape index (κ1) is 15.6. The minimum Gasteiger partial charge on any atom is -0.480 e. The zero-order chi connectivity index (χ0) is 16.6. The van der Waals surface area contributed by atoms with Gasteiger partial charge in [-0.25, -0.2) is 4.79 Å². The first-order chi connectivity index (χ1) is 11.0. The van der Waals surface area contributed by atoms with Gasteiger partial charge in [-0.15, -0.1) is 0 Å². The van der Waals surface area contributed by atoms with Crippen LogP contribution < -0.4 is 0 Å². The molecule has 2 N–H and O–H groups in total. The molecule has 0 amide bonds. The Morgan fingerprint density at radius 1 is 1.13 bits per heavy atom. The summed E-state index contributed by atoms with van der Waals surface area (Å²) >= 11 is 0. The highest BCUT2D eigenvalue weighted by Gasteiger charge is 2.31. The van der Waals surface area contributed by atoms with Gasteiger partial charge < -0.3 is 14.8 Å². The number of fused-ring (bicyclic) bond motifs is 1. The quantitative estimate of drug-likeness (QED) is 0.905. The van der Waals surface area contributed by atoms with Crippen molar-refractivity contribution in [3.8, 4) is 0 Å². The van der Waals surface area contributed by atoms with E-state index in [9.17, 15) is 14.7 Å². The highest BCUT2D eigenvalue weighted by atomic mass is 16.4. The van der Waals surface area contributed by atoms with Gasteiger partial charge in [-0.1, -0.05) is 12.5 Å². The molecule has 1 atom stereocenters. The molecule has 0 unspecified atom stereocenters. The Kier molecular flexibility index (Phi) is 4.09. The Bertz CT molecular complexity index is 759. The molecule has 2 heterocycles. The van der Waals surface area contributed by atoms with Crippen LogP contribution in [0.2, 0.25) is 0 Å². The number of likely N-dealkylation sites (tertiary alicyclic amines) is 1. The average Bonchev–Trinajstić information content (AvgIpc) is 2.85. The highest BCUT2D eigenvalue weighted by molar-refractivity contribution is 5.96. The molecule has 122 valence electrons. The highest BCUT2D eigenvalue weighted by Crippen LogP contribution is 2.32. The Labute approximate surface area is 133 Å². The van der Waals surface area contributed by atoms with Crippen LogP contribution in [0.4, 0.5) is 0 Å². The number of aromatic carboxylic acids is 1. The summed E-state index contributed by atoms with van der Waals surface area (Å²) in [6.07, 6.45) is 4.97. The van der Waals surface area contributed by atoms with Crippen LogP contribution >= 0.6 is 0 Å². The molecule has 0 radical (unpaired) electrons. The predicted molar refractivity (Wildman–Crippen MR) is 85.7 cm³/mol. The maximum Gasteiger partial charge on any atom is 0.335 e. The molecule has 6 heteroatoms. The summed E-state index contributed by atoms with van der Waals surface area (Å²) in [7, 11) is 1.81. The van der Waals surface area contributed by atoms with Crippen LogP contribution in [0.1, 0.15) is 41.2 Å². The van der Waals surface area contributed by atoms with E-state index in [2.05, 4.69) is 0 Å². The lowest BCUT2D eigenvalue weighted by Gasteiger charge is -2.31. The predicted octanol–water partition coefficient (Wildman–Crippen LogP) is 2.49. The van der Waals surface area contributed by atoms with E-state index in [0.29, 0.717) is 0 Å². The van der Waals surface area contributed by atoms with Crippen molar-refractivity contribution in [1.29, 1.82) is 0 Å². The van der Waals surface area contributed by atoms with Crippen LogP contribution in [0.15, 0.2) is 24.4 Å². The van der Waals surface area contributed by atoms with Gasteiger partial charge in [-0.2, -0.15) is 0 Å². The zero-order valence-electron chi connectivity index (χ0n) is 13.0. The van der Waals surface area contributed by atoms with E-state index in [1.54, 1.807) is 16.7 Å². The third-order valence-corrected chi connectivity index (χ3v) is 4.55. The number of aromatic nitrogens is 1. The van der Waals surface area contributed by atoms with Crippen molar-refractivity contribution >= 4 is 22.8 Å². The normalized spacial score (nSPS) is 17.3. The summed E-state index contributed by atoms with van der Waals surface area (Å²) in [4.78, 5) is 25.0. The number of aryl methyl sites for hydroxylation is 1. The monoisotopic (exact) mass is 316 g/mol. The number of hydrogen-bond donors (Lipinski definition) is 2. The first-order valence-corrected chi connectivity index (χ1v) is 7.78. The standard InChI is InChI=1S/C17H20N2O4/c1-18-10-13(12-6-5-11(16(20)21)9-14(12)18)15(17(22)23)19-7-3-2-4-8-19/h5-6,9-10,15H,2-4,7-8H2,1H3,(H,20,21)(H,22,23)/t15-/m1/s1. The third kappa shape index (κ3) is 2.82. The number of carboxylic acid groups (broad SMARTS) is 2. The summed E-state index contributed by atoms with van der Waals surface area (Å²) in [6, 6.07) is 4.16. The SMILES string of the molecule is Cn1cc([C@H](C(=O)O)N2CCCCC2)c2ccc(C(=O)O)cc21. The molecule has 3 rings (SSSR count). The smallest absolute Gasteiger partial charge is 0.335 e. The van der Waals surface area contributed by atoms with Crippen LogP contribution in [-0.4, -0.2) is 44.7 Å². The minimum absolute atomic E-state index is 0.204. The van der Waals surface area contributed by atoms with Crippen molar-refractivity contribution in [2.75, 3.05) is 13.1 Å². The van der Waals surface area contributed by atoms with Crippen molar-refractivity contribution in [1.82, 2.24) is 9.47 Å². The van der Waals surface area contributed by atoms with Crippen molar-refractivity contribution in [3.63, 3.8) is 0 Å². The number of nitrogens with zero attached hydrogens (tertiary/aromatic N) is 2. The molecule has 1 aromatic carbocycles. The Hall–Kier alpha value is -2.34. The second-order valence-electron chi connectivity index (χ2n) is 6.07. The van der Waals surface area contributed by atoms with Gasteiger partial charge in [0.05, 0.1) is 5.56 Å². The van der Waals surface area contributed by atoms with Crippen molar-refractivity contribution in [3.05, 3.63) is 35.5 Å². The number of benzene rings is 1. The summed E-state index contributed by atoms with van der Waals surface area (Å²) < 4.78 is 1.80. The van der Waals surface area contributed by atoms with Gasteiger partial charge >= 0.3 is 11.9 Å². The number of piperidine rings is 1. The van der Waals surface area contributed by atoms with Crippen LogP contribution in [0, 0.1) is 0 Å². The van der Waals surface area contributed by atoms with Crippen LogP contribution in [0.3, 0.4) is 0 Å². The number of carbonyl (C=O) groups is 2. The number of aliphatic carboxylic acids is 1. The van der Waals surface area contributed by atoms with E-state index in [0.717, 1.165) is 48.8 Å². The number of carboxylic acids is 2. The van der Waals surface area contributed by atoms with Crippen molar-refractivity contribution in [2.24, 2.45) is 7.05 Å². The summed E-state index contributed by atoms with van der Waals surface area (Å²) in [5.74, 6) is -1.85. The molecule has 1 saturated heterocycles. The second-order valence-corrected chi connectivity index (χ2v) is 6.07. The Balaban J connectivity index is 2.09. The maximum absolute atomic E-state index is 11.9. The molecule has 1 fully saturated rings. The molecule has 1 aliphatic rings. The van der Waals surface area contributed by atoms with E-state index in [1.807, 2.05) is 18.1 Å². The first-order valence-electron chi connectivity index (χ1n) is 7.78. The lowest BCUT2D eigenvalue weighted by molar-refractivity contribution is -0.144. The summed E-state index contributed by atoms with van der Waals surface area (Å²) in [6.45, 7) is 1.56. The summed E-state index contributed by atoms with van der Waals surface area (Å²) in [5.41, 5.74) is 1.67. The molecular formula is C17H20N2O4. The molecule has 1 aliphatic heterocycles. The van der Waals surface area contributed by atoms with Gasteiger partial charge in [0.1, 0.15) is 6.04 Å². The molecule has 0 bridgehead atoms. The van der Waals surface area contributed by atoms with Gasteiger partial charge in [0.2, 0.25) is 0 Å². The van der Waals surface area contributed by atoms with Gasteiger partial charge in [0.25, 0.3) is 0 Å². The van der Waals surface area contributed by atoms with Crippen molar-refractivity contribution < 1.29 is 19.8 Å². The molecule has 6 nitrogen and oxygen atoms in total. The van der Waals surface area contributed by atoms with E-state index in [-0.39, 0.29) is 5.56 Å². The van der Waals surface area contributed by atoms with E-state index < -0.39 is 18.0 Å². The zero-order valence-corrected chi connectivity index (χ0v) is 13.0. The van der Waals surface area contributed by atoms with E-state index in [4.69, 9.17) is 5.11 Å². The Morgan fingerprint density at radius 2 is 1.83 bits per heavy atom. The van der Waals surface area contributed by atoms with Gasteiger partial charge in [0, 0.05) is 29.7 Å². The van der Waals surface area contributed by atoms with Gasteiger partial charge in [-0.05, 0) is 38.1 Å². The number of hydrogen-bond acceptors (Lipinski definition) is 3. The second kappa shape index (κ2) is 6.04. The fraction of sp³-hybridized carbons (Fsp3) is 0.412. The van der Waals surface area contributed by atoms with Crippen molar-refractivity contribution in [2.45, 2.75) is 25.3 Å². The molecule has 0 saturated carbocycles. The molecule has 23 heavy (non-hydrogen) atoms.